The molecule has 0 unspecified atom stereocenters. The Kier molecular flexibility index (Phi) is 5.20. The molecule has 1 aromatic carbocycles. The van der Waals surface area contributed by atoms with Crippen molar-refractivity contribution < 1.29 is 13.9 Å². The molecule has 0 saturated heterocycles. The number of ether oxygens (including phenoxy) is 1. The summed E-state index contributed by atoms with van der Waals surface area (Å²) in [4.78, 5) is 24.9. The third-order valence-electron chi connectivity index (χ3n) is 4.86. The fourth-order valence-corrected chi connectivity index (χ4v) is 3.00. The van der Waals surface area contributed by atoms with Crippen molar-refractivity contribution in [2.75, 3.05) is 5.32 Å². The number of pyridine rings is 1. The SMILES string of the molecule is CCc1ccc(OC2CC2)cc1-c1cnc(NC(=O)c2cncc(F)c2C)cn1. The maximum atomic E-state index is 13.6. The van der Waals surface area contributed by atoms with Crippen molar-refractivity contribution in [1.29, 1.82) is 0 Å². The Bertz CT molecular complexity index is 1050. The number of hydrogen-bond acceptors (Lipinski definition) is 5. The van der Waals surface area contributed by atoms with E-state index in [1.165, 1.54) is 19.3 Å². The summed E-state index contributed by atoms with van der Waals surface area (Å²) in [5, 5.41) is 2.64. The van der Waals surface area contributed by atoms with Crippen LogP contribution in [0.15, 0.2) is 43.0 Å². The molecule has 1 aliphatic rings. The predicted molar refractivity (Wildman–Crippen MR) is 107 cm³/mol. The van der Waals surface area contributed by atoms with Crippen LogP contribution in [-0.2, 0) is 6.42 Å². The van der Waals surface area contributed by atoms with Gasteiger partial charge in [0.2, 0.25) is 0 Å². The first-order valence-electron chi connectivity index (χ1n) is 9.58. The molecule has 0 aliphatic heterocycles. The molecule has 7 heteroatoms. The summed E-state index contributed by atoms with van der Waals surface area (Å²) in [5.74, 6) is 0.101. The zero-order valence-corrected chi connectivity index (χ0v) is 16.3. The minimum Gasteiger partial charge on any atom is -0.490 e. The highest BCUT2D eigenvalue weighted by Crippen LogP contribution is 2.31. The van der Waals surface area contributed by atoms with Crippen LogP contribution in [0.3, 0.4) is 0 Å². The van der Waals surface area contributed by atoms with Gasteiger partial charge in [-0.25, -0.2) is 9.37 Å². The van der Waals surface area contributed by atoms with Crippen molar-refractivity contribution in [2.24, 2.45) is 0 Å². The van der Waals surface area contributed by atoms with Gasteiger partial charge >= 0.3 is 0 Å². The van der Waals surface area contributed by atoms with Crippen LogP contribution >= 0.6 is 0 Å². The summed E-state index contributed by atoms with van der Waals surface area (Å²) >= 11 is 0. The second-order valence-electron chi connectivity index (χ2n) is 7.02. The number of nitrogens with zero attached hydrogens (tertiary/aromatic N) is 3. The zero-order valence-electron chi connectivity index (χ0n) is 16.3. The molecule has 0 spiro atoms. The molecule has 4 rings (SSSR count). The molecule has 6 nitrogen and oxygen atoms in total. The topological polar surface area (TPSA) is 77.0 Å². The Morgan fingerprint density at radius 2 is 2.03 bits per heavy atom. The van der Waals surface area contributed by atoms with E-state index in [2.05, 4.69) is 27.2 Å². The van der Waals surface area contributed by atoms with Crippen LogP contribution in [0.2, 0.25) is 0 Å². The molecule has 2 heterocycles. The van der Waals surface area contributed by atoms with Gasteiger partial charge in [-0.2, -0.15) is 0 Å². The Morgan fingerprint density at radius 1 is 1.21 bits per heavy atom. The van der Waals surface area contributed by atoms with Crippen LogP contribution in [0.5, 0.6) is 5.75 Å². The van der Waals surface area contributed by atoms with E-state index in [-0.39, 0.29) is 16.9 Å². The molecule has 0 bridgehead atoms. The van der Waals surface area contributed by atoms with Crippen LogP contribution in [0.4, 0.5) is 10.2 Å². The van der Waals surface area contributed by atoms with Gasteiger partial charge in [0.1, 0.15) is 11.6 Å². The van der Waals surface area contributed by atoms with E-state index < -0.39 is 11.7 Å². The van der Waals surface area contributed by atoms with E-state index in [0.29, 0.717) is 11.8 Å². The molecular formula is C22H21FN4O2. The minimum absolute atomic E-state index is 0.161. The summed E-state index contributed by atoms with van der Waals surface area (Å²) in [6.07, 6.45) is 8.87. The molecule has 3 aromatic rings. The molecular weight excluding hydrogens is 371 g/mol. The van der Waals surface area contributed by atoms with Crippen LogP contribution in [0.25, 0.3) is 11.3 Å². The van der Waals surface area contributed by atoms with Gasteiger partial charge in [0.25, 0.3) is 5.91 Å². The number of aromatic nitrogens is 3. The summed E-state index contributed by atoms with van der Waals surface area (Å²) in [6.45, 7) is 3.61. The molecule has 0 atom stereocenters. The normalized spacial score (nSPS) is 13.2. The minimum atomic E-state index is -0.528. The lowest BCUT2D eigenvalue weighted by Gasteiger charge is -2.12. The van der Waals surface area contributed by atoms with Crippen molar-refractivity contribution >= 4 is 11.7 Å². The van der Waals surface area contributed by atoms with E-state index in [1.807, 2.05) is 18.2 Å². The Labute approximate surface area is 168 Å². The lowest BCUT2D eigenvalue weighted by molar-refractivity contribution is 0.102. The van der Waals surface area contributed by atoms with Gasteiger partial charge in [0, 0.05) is 17.3 Å². The first-order valence-corrected chi connectivity index (χ1v) is 9.58. The van der Waals surface area contributed by atoms with Crippen LogP contribution in [-0.4, -0.2) is 27.0 Å². The number of amides is 1. The fraction of sp³-hybridized carbons (Fsp3) is 0.273. The maximum absolute atomic E-state index is 13.6. The van der Waals surface area contributed by atoms with Crippen LogP contribution in [0, 0.1) is 12.7 Å². The molecule has 29 heavy (non-hydrogen) atoms. The van der Waals surface area contributed by atoms with E-state index in [0.717, 1.165) is 42.3 Å². The van der Waals surface area contributed by atoms with Crippen molar-refractivity contribution in [3.05, 3.63) is 65.5 Å². The quantitative estimate of drug-likeness (QED) is 0.675. The highest BCUT2D eigenvalue weighted by molar-refractivity contribution is 6.04. The van der Waals surface area contributed by atoms with Gasteiger partial charge in [-0.1, -0.05) is 13.0 Å². The van der Waals surface area contributed by atoms with Gasteiger partial charge in [0.15, 0.2) is 5.82 Å². The molecule has 0 radical (unpaired) electrons. The number of hydrogen-bond donors (Lipinski definition) is 1. The smallest absolute Gasteiger partial charge is 0.258 e. The number of nitrogens with one attached hydrogen (secondary N) is 1. The third kappa shape index (κ3) is 4.23. The Morgan fingerprint density at radius 3 is 2.72 bits per heavy atom. The van der Waals surface area contributed by atoms with Crippen molar-refractivity contribution in [3.63, 3.8) is 0 Å². The monoisotopic (exact) mass is 392 g/mol. The first kappa shape index (κ1) is 19.0. The van der Waals surface area contributed by atoms with Crippen molar-refractivity contribution in [2.45, 2.75) is 39.2 Å². The number of carbonyl (C=O) groups excluding carboxylic acids is 1. The number of aryl methyl sites for hydroxylation is 1. The number of benzene rings is 1. The number of anilines is 1. The number of halogens is 1. The molecule has 148 valence electrons. The Hall–Kier alpha value is -3.35. The summed E-state index contributed by atoms with van der Waals surface area (Å²) < 4.78 is 19.5. The van der Waals surface area contributed by atoms with Crippen molar-refractivity contribution in [3.8, 4) is 17.0 Å². The highest BCUT2D eigenvalue weighted by atomic mass is 19.1. The fourth-order valence-electron chi connectivity index (χ4n) is 3.00. The maximum Gasteiger partial charge on any atom is 0.258 e. The van der Waals surface area contributed by atoms with E-state index in [4.69, 9.17) is 4.74 Å². The molecule has 1 aliphatic carbocycles. The molecule has 1 fully saturated rings. The van der Waals surface area contributed by atoms with E-state index in [9.17, 15) is 9.18 Å². The molecule has 1 amide bonds. The third-order valence-corrected chi connectivity index (χ3v) is 4.86. The zero-order chi connectivity index (χ0) is 20.4. The summed E-state index contributed by atoms with van der Waals surface area (Å²) in [5.41, 5.74) is 3.20. The first-order chi connectivity index (χ1) is 14.0. The average molecular weight is 392 g/mol. The Balaban J connectivity index is 1.54. The summed E-state index contributed by atoms with van der Waals surface area (Å²) in [6, 6.07) is 6.02. The molecule has 1 saturated carbocycles. The van der Waals surface area contributed by atoms with Gasteiger partial charge in [0.05, 0.1) is 36.0 Å². The van der Waals surface area contributed by atoms with Gasteiger partial charge in [-0.3, -0.25) is 14.8 Å². The van der Waals surface area contributed by atoms with Gasteiger partial charge in [-0.05, 0) is 43.9 Å². The van der Waals surface area contributed by atoms with Crippen molar-refractivity contribution in [1.82, 2.24) is 15.0 Å². The summed E-state index contributed by atoms with van der Waals surface area (Å²) in [7, 11) is 0. The van der Waals surface area contributed by atoms with E-state index in [1.54, 1.807) is 6.20 Å². The molecule has 1 N–H and O–H groups in total. The largest absolute Gasteiger partial charge is 0.490 e. The highest BCUT2D eigenvalue weighted by Gasteiger charge is 2.24. The standard InChI is InChI=1S/C22H21FN4O2/c1-3-14-4-5-16(29-15-6-7-15)8-17(14)20-11-26-21(12-25-20)27-22(28)18-9-24-10-19(23)13(18)2/h4-5,8-12,15H,3,6-7H2,1-2H3,(H,26,27,28). The van der Waals surface area contributed by atoms with Crippen LogP contribution < -0.4 is 10.1 Å². The average Bonchev–Trinajstić information content (AvgIpc) is 3.54. The van der Waals surface area contributed by atoms with Gasteiger partial charge in [-0.15, -0.1) is 0 Å². The van der Waals surface area contributed by atoms with Crippen LogP contribution in [0.1, 0.15) is 41.3 Å². The molecule has 2 aromatic heterocycles. The second-order valence-corrected chi connectivity index (χ2v) is 7.02. The number of carbonyl (C=O) groups is 1. The van der Waals surface area contributed by atoms with Gasteiger partial charge < -0.3 is 10.1 Å². The second kappa shape index (κ2) is 7.95. The predicted octanol–water partition coefficient (Wildman–Crippen LogP) is 4.34. The van der Waals surface area contributed by atoms with E-state index >= 15 is 0 Å². The lowest BCUT2D eigenvalue weighted by atomic mass is 10.0. The number of rotatable bonds is 6. The lowest BCUT2D eigenvalue weighted by Crippen LogP contribution is -2.15.